The zero-order valence-corrected chi connectivity index (χ0v) is 37.4. The molecule has 6 heterocycles. The van der Waals surface area contributed by atoms with E-state index >= 15 is 8.78 Å². The highest BCUT2D eigenvalue weighted by Gasteiger charge is 2.47. The molecular weight excluding hydrogens is 877 g/mol. The van der Waals surface area contributed by atoms with Gasteiger partial charge in [0.05, 0.1) is 52.2 Å². The maximum Gasteiger partial charge on any atom is 0.265 e. The number of likely N-dealkylation sites (N-methyl/N-ethyl adjacent to an activating group) is 1. The largest absolute Gasteiger partial charge is 0.494 e. The standard InChI is InChI=1S/C49H53F2N11O6/c1-5-41(63)53-34-25-35(55-49-52-15-12-33(54-49)32-28-58(3)36-9-7-6-8-30(32)36)40(68-4)26-38(34)57(2)18-19-59-16-13-29(14-17-59)27-60-20-22-61(23-21-60)39-24-31-43(45(51)44(39)50)48(67)62(47(31)66)37-10-11-42(64)56-46(37)65/h5-9,12,15,24-26,28-29,37H,1,10-11,13-14,16-23,27H2,2-4H3,(H,53,63)(H,52,54,55)(H,56,64,65)/i20D2,21D2,22D2,23D2. The summed E-state index contributed by atoms with van der Waals surface area (Å²) in [7, 11) is 5.30. The molecule has 5 amide bonds. The fraction of sp³-hybridized carbons (Fsp3) is 0.367. The molecule has 4 aliphatic rings. The number of carbonyl (C=O) groups is 5. The number of hydrogen-bond donors (Lipinski definition) is 3. The Morgan fingerprint density at radius 1 is 0.985 bits per heavy atom. The van der Waals surface area contributed by atoms with Crippen LogP contribution in [-0.2, 0) is 21.4 Å². The number of ether oxygens (including phenoxy) is 1. The molecule has 0 aliphatic carbocycles. The molecule has 5 aromatic rings. The summed E-state index contributed by atoms with van der Waals surface area (Å²) < 4.78 is 112. The number of amides is 5. The molecule has 3 aromatic carbocycles. The Morgan fingerprint density at radius 3 is 2.49 bits per heavy atom. The van der Waals surface area contributed by atoms with Gasteiger partial charge in [-0.1, -0.05) is 24.8 Å². The number of nitrogens with one attached hydrogen (secondary N) is 3. The summed E-state index contributed by atoms with van der Waals surface area (Å²) in [6, 6.07) is 12.1. The van der Waals surface area contributed by atoms with E-state index in [0.29, 0.717) is 83.4 Å². The third-order valence-corrected chi connectivity index (χ3v) is 12.6. The molecule has 3 N–H and O–H groups in total. The highest BCUT2D eigenvalue weighted by molar-refractivity contribution is 6.24. The first-order valence-corrected chi connectivity index (χ1v) is 21.9. The van der Waals surface area contributed by atoms with Crippen LogP contribution in [-0.4, -0.2) is 138 Å². The maximum absolute atomic E-state index is 16.2. The van der Waals surface area contributed by atoms with Crippen molar-refractivity contribution in [3.05, 3.63) is 96.3 Å². The van der Waals surface area contributed by atoms with Crippen molar-refractivity contribution in [1.29, 1.82) is 0 Å². The minimum absolute atomic E-state index is 0.213. The average molecular weight is 938 g/mol. The summed E-state index contributed by atoms with van der Waals surface area (Å²) in [4.78, 5) is 77.9. The fourth-order valence-corrected chi connectivity index (χ4v) is 8.93. The Bertz CT molecular complexity index is 3200. The number of imide groups is 2. The molecule has 1 atom stereocenters. The first-order valence-electron chi connectivity index (χ1n) is 25.9. The number of hydrogen-bond acceptors (Lipinski definition) is 13. The van der Waals surface area contributed by atoms with Crippen LogP contribution in [0.15, 0.2) is 73.6 Å². The van der Waals surface area contributed by atoms with Crippen molar-refractivity contribution in [2.45, 2.75) is 31.7 Å². The van der Waals surface area contributed by atoms with E-state index in [1.807, 2.05) is 65.4 Å². The molecule has 0 spiro atoms. The number of anilines is 5. The van der Waals surface area contributed by atoms with Crippen molar-refractivity contribution >= 4 is 69.1 Å². The first-order chi connectivity index (χ1) is 35.8. The molecule has 4 aliphatic heterocycles. The van der Waals surface area contributed by atoms with Crippen LogP contribution in [0.1, 0.15) is 57.4 Å². The van der Waals surface area contributed by atoms with Crippen LogP contribution in [0.3, 0.4) is 0 Å². The van der Waals surface area contributed by atoms with Crippen molar-refractivity contribution in [2.75, 3.05) is 93.3 Å². The predicted molar refractivity (Wildman–Crippen MR) is 253 cm³/mol. The van der Waals surface area contributed by atoms with Gasteiger partial charge in [0.2, 0.25) is 23.7 Å². The van der Waals surface area contributed by atoms with Crippen molar-refractivity contribution < 1.29 is 48.5 Å². The third kappa shape index (κ3) is 8.98. The van der Waals surface area contributed by atoms with Gasteiger partial charge in [-0.05, 0) is 68.6 Å². The Kier molecular flexibility index (Phi) is 10.4. The number of rotatable bonds is 14. The number of piperazine rings is 1. The number of aromatic nitrogens is 3. The van der Waals surface area contributed by atoms with E-state index in [2.05, 4.69) is 27.1 Å². The molecule has 2 aromatic heterocycles. The fourth-order valence-electron chi connectivity index (χ4n) is 8.93. The number of nitrogens with zero attached hydrogens (tertiary/aromatic N) is 8. The molecule has 354 valence electrons. The topological polar surface area (TPSA) is 178 Å². The molecule has 9 rings (SSSR count). The van der Waals surface area contributed by atoms with Crippen LogP contribution in [0.25, 0.3) is 22.2 Å². The minimum atomic E-state index is -3.66. The summed E-state index contributed by atoms with van der Waals surface area (Å²) in [5.41, 5.74) is 0.720. The highest BCUT2D eigenvalue weighted by Crippen LogP contribution is 2.39. The molecule has 0 saturated carbocycles. The Balaban J connectivity index is 0.879. The number of aryl methyl sites for hydroxylation is 1. The van der Waals surface area contributed by atoms with E-state index in [4.69, 9.17) is 20.7 Å². The summed E-state index contributed by atoms with van der Waals surface area (Å²) in [6.45, 7) is -9.33. The molecule has 17 nitrogen and oxygen atoms in total. The summed E-state index contributed by atoms with van der Waals surface area (Å²) in [5.74, 6) is -8.86. The highest BCUT2D eigenvalue weighted by atomic mass is 19.2. The molecule has 3 saturated heterocycles. The summed E-state index contributed by atoms with van der Waals surface area (Å²) in [6.07, 6.45) is 4.88. The van der Waals surface area contributed by atoms with Gasteiger partial charge < -0.3 is 34.6 Å². The van der Waals surface area contributed by atoms with Crippen molar-refractivity contribution in [1.82, 2.24) is 34.6 Å². The van der Waals surface area contributed by atoms with Gasteiger partial charge >= 0.3 is 0 Å². The lowest BCUT2D eigenvalue weighted by molar-refractivity contribution is -0.136. The second-order valence-corrected chi connectivity index (χ2v) is 16.8. The number of halogens is 2. The lowest BCUT2D eigenvalue weighted by Gasteiger charge is -2.40. The smallest absolute Gasteiger partial charge is 0.265 e. The van der Waals surface area contributed by atoms with Gasteiger partial charge in [0.25, 0.3) is 11.8 Å². The van der Waals surface area contributed by atoms with Crippen molar-refractivity contribution in [2.24, 2.45) is 13.0 Å². The molecule has 3 fully saturated rings. The van der Waals surface area contributed by atoms with Crippen LogP contribution < -0.4 is 30.5 Å². The average Bonchev–Trinajstić information content (AvgIpc) is 3.94. The SMILES string of the molecule is [2H]C1([2H])N(CC2CCN(CCN(C)c3cc(OC)c(Nc4nccc(-c5cn(C)c6ccccc56)n4)cc3NC(=O)C=C)CC2)C([2H])([2H])C([2H])([2H])N(c2cc3c(c(F)c2F)C(=O)N(C2CCC(=O)NC2=O)C3=O)C1([2H])[2H]. The zero-order chi connectivity index (χ0) is 55.0. The van der Waals surface area contributed by atoms with Gasteiger partial charge in [-0.3, -0.25) is 39.1 Å². The lowest BCUT2D eigenvalue weighted by Crippen LogP contribution is -2.54. The molecule has 19 heteroatoms. The van der Waals surface area contributed by atoms with E-state index in [-0.39, 0.29) is 23.7 Å². The number of methoxy groups -OCH3 is 1. The van der Waals surface area contributed by atoms with Crippen LogP contribution >= 0.6 is 0 Å². The van der Waals surface area contributed by atoms with Gasteiger partial charge in [0.15, 0.2) is 11.6 Å². The number of benzene rings is 3. The van der Waals surface area contributed by atoms with Crippen LogP contribution in [0.4, 0.5) is 37.5 Å². The normalized spacial score (nSPS) is 22.9. The molecule has 0 bridgehead atoms. The molecular formula is C49H53F2N11O6. The molecule has 0 radical (unpaired) electrons. The van der Waals surface area contributed by atoms with E-state index in [1.54, 1.807) is 18.3 Å². The van der Waals surface area contributed by atoms with Crippen molar-refractivity contribution in [3.63, 3.8) is 0 Å². The molecule has 1 unspecified atom stereocenters. The van der Waals surface area contributed by atoms with Gasteiger partial charge in [-0.25, -0.2) is 18.7 Å². The van der Waals surface area contributed by atoms with E-state index in [9.17, 15) is 24.0 Å². The number of carbonyl (C=O) groups excluding carboxylic acids is 5. The van der Waals surface area contributed by atoms with E-state index < -0.39 is 102 Å². The Hall–Kier alpha value is -7.25. The summed E-state index contributed by atoms with van der Waals surface area (Å²) in [5, 5.41) is 9.10. The van der Waals surface area contributed by atoms with Crippen LogP contribution in [0, 0.1) is 17.6 Å². The number of fused-ring (bicyclic) bond motifs is 2. The van der Waals surface area contributed by atoms with Gasteiger partial charge in [0, 0.05) is 107 Å². The lowest BCUT2D eigenvalue weighted by atomic mass is 9.96. The first kappa shape index (κ1) is 36.8. The second-order valence-electron chi connectivity index (χ2n) is 16.8. The number of para-hydroxylation sites is 1. The third-order valence-electron chi connectivity index (χ3n) is 12.6. The number of likely N-dealkylation sites (tertiary alicyclic amines) is 1. The van der Waals surface area contributed by atoms with Gasteiger partial charge in [0.1, 0.15) is 11.8 Å². The Morgan fingerprint density at radius 2 is 1.75 bits per heavy atom. The number of piperidine rings is 2. The maximum atomic E-state index is 16.2. The van der Waals surface area contributed by atoms with Crippen LogP contribution in [0.2, 0.25) is 0 Å². The Labute approximate surface area is 402 Å². The minimum Gasteiger partial charge on any atom is -0.494 e. The van der Waals surface area contributed by atoms with Gasteiger partial charge in [-0.15, -0.1) is 0 Å². The quantitative estimate of drug-likeness (QED) is 0.0984. The predicted octanol–water partition coefficient (Wildman–Crippen LogP) is 5.16. The van der Waals surface area contributed by atoms with E-state index in [0.717, 1.165) is 22.5 Å². The zero-order valence-electron chi connectivity index (χ0n) is 45.4. The second kappa shape index (κ2) is 19.2. The van der Waals surface area contributed by atoms with Gasteiger partial charge in [-0.2, -0.15) is 0 Å². The van der Waals surface area contributed by atoms with Crippen molar-refractivity contribution in [3.8, 4) is 17.0 Å². The van der Waals surface area contributed by atoms with E-state index in [1.165, 1.54) is 7.11 Å². The monoisotopic (exact) mass is 937 g/mol. The molecule has 68 heavy (non-hydrogen) atoms. The van der Waals surface area contributed by atoms with Crippen LogP contribution in [0.5, 0.6) is 5.75 Å². The summed E-state index contributed by atoms with van der Waals surface area (Å²) >= 11 is 0.